The van der Waals surface area contributed by atoms with Crippen LogP contribution in [-0.4, -0.2) is 19.6 Å². The second-order valence-corrected chi connectivity index (χ2v) is 12.7. The Kier molecular flexibility index (Phi) is 4.52. The Balaban J connectivity index is 2.78. The largest absolute Gasteiger partial charge is 0.496 e. The average Bonchev–Trinajstić information content (AvgIpc) is 2.82. The molecule has 0 unspecified atom stereocenters. The fourth-order valence-corrected chi connectivity index (χ4v) is 11.1. The molecule has 2 aromatic rings. The molecule has 0 amide bonds. The molecule has 0 spiro atoms. The number of nitrogens with zero attached hydrogens (tertiary/aromatic N) is 1. The molecular weight excluding hydrogens is 274 g/mol. The number of methoxy groups -OCH3 is 1. The summed E-state index contributed by atoms with van der Waals surface area (Å²) in [4.78, 5) is 0. The lowest BCUT2D eigenvalue weighted by molar-refractivity contribution is 0.420. The van der Waals surface area contributed by atoms with E-state index in [1.807, 2.05) is 0 Å². The van der Waals surface area contributed by atoms with Crippen molar-refractivity contribution < 1.29 is 4.74 Å². The lowest BCUT2D eigenvalue weighted by atomic mass is 10.2. The van der Waals surface area contributed by atoms with E-state index in [4.69, 9.17) is 4.74 Å². The zero-order valence-corrected chi connectivity index (χ0v) is 15.5. The van der Waals surface area contributed by atoms with Gasteiger partial charge in [-0.15, -0.1) is 0 Å². The van der Waals surface area contributed by atoms with Crippen LogP contribution in [0.15, 0.2) is 30.5 Å². The average molecular weight is 304 g/mol. The topological polar surface area (TPSA) is 14.2 Å². The second kappa shape index (κ2) is 5.88. The van der Waals surface area contributed by atoms with Gasteiger partial charge in [0.25, 0.3) is 0 Å². The summed E-state index contributed by atoms with van der Waals surface area (Å²) in [6, 6.07) is 8.63. The molecule has 1 aromatic carbocycles. The first-order valence-corrected chi connectivity index (χ1v) is 10.2. The number of ether oxygens (including phenoxy) is 1. The maximum absolute atomic E-state index is 5.54. The Hall–Kier alpha value is -1.22. The third-order valence-electron chi connectivity index (χ3n) is 5.10. The minimum Gasteiger partial charge on any atom is -0.496 e. The van der Waals surface area contributed by atoms with E-state index in [1.54, 1.807) is 7.11 Å². The van der Waals surface area contributed by atoms with Gasteiger partial charge in [-0.3, -0.25) is 0 Å². The van der Waals surface area contributed by atoms with E-state index in [1.165, 1.54) is 10.9 Å². The molecule has 116 valence electrons. The highest BCUT2D eigenvalue weighted by Crippen LogP contribution is 2.44. The van der Waals surface area contributed by atoms with Gasteiger partial charge in [0.15, 0.2) is 8.24 Å². The van der Waals surface area contributed by atoms with Gasteiger partial charge in [-0.2, -0.15) is 0 Å². The number of hydrogen-bond donors (Lipinski definition) is 0. The predicted molar refractivity (Wildman–Crippen MR) is 94.9 cm³/mol. The lowest BCUT2D eigenvalue weighted by Crippen LogP contribution is -2.51. The second-order valence-electron chi connectivity index (χ2n) is 6.93. The van der Waals surface area contributed by atoms with Gasteiger partial charge in [0, 0.05) is 10.9 Å². The van der Waals surface area contributed by atoms with Crippen LogP contribution in [0.4, 0.5) is 0 Å². The third-order valence-corrected chi connectivity index (χ3v) is 11.9. The lowest BCUT2D eigenvalue weighted by Gasteiger charge is -2.44. The van der Waals surface area contributed by atoms with Crippen molar-refractivity contribution >= 4 is 19.1 Å². The van der Waals surface area contributed by atoms with Gasteiger partial charge in [0.2, 0.25) is 0 Å². The van der Waals surface area contributed by atoms with Crippen LogP contribution in [0, 0.1) is 0 Å². The van der Waals surface area contributed by atoms with Crippen molar-refractivity contribution in [3.63, 3.8) is 0 Å². The molecule has 1 aromatic heterocycles. The fourth-order valence-electron chi connectivity index (χ4n) is 4.49. The highest BCUT2D eigenvalue weighted by Gasteiger charge is 2.45. The number of rotatable bonds is 5. The Morgan fingerprint density at radius 2 is 1.48 bits per heavy atom. The summed E-state index contributed by atoms with van der Waals surface area (Å²) in [5, 5.41) is 1.24. The van der Waals surface area contributed by atoms with E-state index in [2.05, 4.69) is 76.2 Å². The molecular formula is C18H29NOSi. The van der Waals surface area contributed by atoms with Crippen LogP contribution in [-0.2, 0) is 0 Å². The van der Waals surface area contributed by atoms with E-state index < -0.39 is 8.24 Å². The van der Waals surface area contributed by atoms with Crippen molar-refractivity contribution in [3.05, 3.63) is 30.5 Å². The molecule has 0 aliphatic rings. The van der Waals surface area contributed by atoms with Crippen LogP contribution in [0.3, 0.4) is 0 Å². The molecule has 0 N–H and O–H groups in total. The van der Waals surface area contributed by atoms with Crippen LogP contribution < -0.4 is 4.74 Å². The van der Waals surface area contributed by atoms with Crippen LogP contribution >= 0.6 is 0 Å². The SMILES string of the molecule is COc1cccc2c1ccn2[Si](C(C)C)(C(C)C)C(C)C. The van der Waals surface area contributed by atoms with Gasteiger partial charge in [0.05, 0.1) is 7.11 Å². The molecule has 0 aliphatic heterocycles. The van der Waals surface area contributed by atoms with Crippen LogP contribution in [0.25, 0.3) is 10.9 Å². The zero-order chi connectivity index (χ0) is 15.8. The number of hydrogen-bond acceptors (Lipinski definition) is 1. The highest BCUT2D eigenvalue weighted by atomic mass is 28.3. The first kappa shape index (κ1) is 16.2. The van der Waals surface area contributed by atoms with Crippen LogP contribution in [0.1, 0.15) is 41.5 Å². The maximum atomic E-state index is 5.54. The van der Waals surface area contributed by atoms with Gasteiger partial charge in [0.1, 0.15) is 5.75 Å². The van der Waals surface area contributed by atoms with Gasteiger partial charge in [-0.25, -0.2) is 0 Å². The molecule has 0 aliphatic carbocycles. The normalized spacial score (nSPS) is 12.9. The molecule has 3 heteroatoms. The molecule has 2 rings (SSSR count). The Morgan fingerprint density at radius 3 is 1.95 bits per heavy atom. The van der Waals surface area contributed by atoms with Crippen molar-refractivity contribution in [2.45, 2.75) is 58.2 Å². The molecule has 0 fully saturated rings. The minimum absolute atomic E-state index is 0.694. The number of fused-ring (bicyclic) bond motifs is 1. The van der Waals surface area contributed by atoms with E-state index >= 15 is 0 Å². The van der Waals surface area contributed by atoms with E-state index in [0.29, 0.717) is 16.6 Å². The van der Waals surface area contributed by atoms with Crippen molar-refractivity contribution in [2.24, 2.45) is 0 Å². The quantitative estimate of drug-likeness (QED) is 0.649. The molecule has 0 radical (unpaired) electrons. The van der Waals surface area contributed by atoms with Crippen LogP contribution in [0.2, 0.25) is 16.6 Å². The maximum Gasteiger partial charge on any atom is 0.169 e. The van der Waals surface area contributed by atoms with Gasteiger partial charge in [-0.1, -0.05) is 47.6 Å². The Bertz CT molecular complexity index is 591. The fraction of sp³-hybridized carbons (Fsp3) is 0.556. The number of benzene rings is 1. The van der Waals surface area contributed by atoms with E-state index in [0.717, 1.165) is 5.75 Å². The van der Waals surface area contributed by atoms with Crippen molar-refractivity contribution in [3.8, 4) is 5.75 Å². The monoisotopic (exact) mass is 303 g/mol. The summed E-state index contributed by atoms with van der Waals surface area (Å²) in [7, 11) is 0.0636. The Labute approximate surface area is 130 Å². The first-order chi connectivity index (χ1) is 9.87. The van der Waals surface area contributed by atoms with Crippen molar-refractivity contribution in [1.29, 1.82) is 0 Å². The molecule has 0 atom stereocenters. The molecule has 0 saturated heterocycles. The summed E-state index contributed by atoms with van der Waals surface area (Å²) in [6.45, 7) is 14.4. The third kappa shape index (κ3) is 2.32. The summed E-state index contributed by atoms with van der Waals surface area (Å²) in [5.41, 5.74) is 3.41. The molecule has 2 nitrogen and oxygen atoms in total. The summed E-state index contributed by atoms with van der Waals surface area (Å²) in [5.74, 6) is 0.977. The van der Waals surface area contributed by atoms with Crippen molar-refractivity contribution in [1.82, 2.24) is 4.23 Å². The summed E-state index contributed by atoms with van der Waals surface area (Å²) < 4.78 is 8.17. The standard InChI is InChI=1S/C18H29NOSi/c1-13(2)21(14(3)4,15(5)6)19-12-11-16-17(19)9-8-10-18(16)20-7/h8-15H,1-7H3. The number of aromatic nitrogens is 1. The molecule has 1 heterocycles. The van der Waals surface area contributed by atoms with Crippen molar-refractivity contribution in [2.75, 3.05) is 7.11 Å². The highest BCUT2D eigenvalue weighted by molar-refractivity contribution is 6.82. The van der Waals surface area contributed by atoms with E-state index in [9.17, 15) is 0 Å². The summed E-state index contributed by atoms with van der Waals surface area (Å²) >= 11 is 0. The summed E-state index contributed by atoms with van der Waals surface area (Å²) in [6.07, 6.45) is 2.30. The smallest absolute Gasteiger partial charge is 0.169 e. The van der Waals surface area contributed by atoms with Crippen LogP contribution in [0.5, 0.6) is 5.75 Å². The zero-order valence-electron chi connectivity index (χ0n) is 14.5. The molecule has 0 saturated carbocycles. The Morgan fingerprint density at radius 1 is 0.905 bits per heavy atom. The first-order valence-electron chi connectivity index (χ1n) is 8.01. The van der Waals surface area contributed by atoms with E-state index in [-0.39, 0.29) is 0 Å². The van der Waals surface area contributed by atoms with Gasteiger partial charge in [-0.05, 0) is 41.0 Å². The van der Waals surface area contributed by atoms with Gasteiger partial charge >= 0.3 is 0 Å². The van der Waals surface area contributed by atoms with Gasteiger partial charge < -0.3 is 8.97 Å². The molecule has 21 heavy (non-hydrogen) atoms. The minimum atomic E-state index is -1.69. The predicted octanol–water partition coefficient (Wildman–Crippen LogP) is 5.67. The molecule has 0 bridgehead atoms.